The van der Waals surface area contributed by atoms with Crippen molar-refractivity contribution in [2.75, 3.05) is 19.5 Å². The van der Waals surface area contributed by atoms with Crippen LogP contribution in [0.15, 0.2) is 36.9 Å². The Hall–Kier alpha value is -1.16. The molecule has 3 rings (SSSR count). The average molecular weight is 435 g/mol. The van der Waals surface area contributed by atoms with E-state index < -0.39 is 22.0 Å². The number of rotatable bonds is 8. The minimum absolute atomic E-state index is 0.0911. The number of hydrogen-bond donors (Lipinski definition) is 0. The predicted molar refractivity (Wildman–Crippen MR) is 101 cm³/mol. The number of aryl methyl sites for hydroxylation is 1. The third-order valence-electron chi connectivity index (χ3n) is 4.15. The highest BCUT2D eigenvalue weighted by molar-refractivity contribution is 7.85. The van der Waals surface area contributed by atoms with Gasteiger partial charge < -0.3 is 14.0 Å². The fourth-order valence-electron chi connectivity index (χ4n) is 2.90. The summed E-state index contributed by atoms with van der Waals surface area (Å²) in [7, 11) is -3.54. The van der Waals surface area contributed by atoms with Crippen molar-refractivity contribution >= 4 is 33.3 Å². The quantitative estimate of drug-likeness (QED) is 0.594. The van der Waals surface area contributed by atoms with Crippen LogP contribution >= 0.6 is 23.2 Å². The monoisotopic (exact) mass is 434 g/mol. The van der Waals surface area contributed by atoms with Crippen molar-refractivity contribution in [1.82, 2.24) is 9.55 Å². The summed E-state index contributed by atoms with van der Waals surface area (Å²) in [5.41, 5.74) is 0.925. The largest absolute Gasteiger partial charge is 0.345 e. The van der Waals surface area contributed by atoms with E-state index >= 15 is 0 Å². The van der Waals surface area contributed by atoms with E-state index in [2.05, 4.69) is 4.98 Å². The van der Waals surface area contributed by atoms with Gasteiger partial charge in [0.1, 0.15) is 6.10 Å². The summed E-state index contributed by atoms with van der Waals surface area (Å²) < 4.78 is 41.2. The Kier molecular flexibility index (Phi) is 6.45. The molecule has 0 N–H and O–H groups in total. The van der Waals surface area contributed by atoms with Gasteiger partial charge in [-0.3, -0.25) is 4.18 Å². The van der Waals surface area contributed by atoms with E-state index in [1.165, 1.54) is 0 Å². The van der Waals surface area contributed by atoms with Gasteiger partial charge in [-0.1, -0.05) is 29.3 Å². The highest BCUT2D eigenvalue weighted by Gasteiger charge is 2.42. The molecule has 7 nitrogen and oxygen atoms in total. The molecule has 2 heterocycles. The van der Waals surface area contributed by atoms with Crippen molar-refractivity contribution in [2.45, 2.75) is 31.3 Å². The van der Waals surface area contributed by atoms with Crippen LogP contribution in [0.4, 0.5) is 0 Å². The molecule has 1 aliphatic rings. The molecule has 1 fully saturated rings. The second-order valence-electron chi connectivity index (χ2n) is 6.42. The molecular formula is C17H20Cl2N2O5S. The first kappa shape index (κ1) is 20.6. The zero-order chi connectivity index (χ0) is 19.5. The highest BCUT2D eigenvalue weighted by Crippen LogP contribution is 2.32. The Morgan fingerprint density at radius 3 is 2.89 bits per heavy atom. The fraction of sp³-hybridized carbons (Fsp3) is 0.471. The normalized spacial score (nSPS) is 23.0. The summed E-state index contributed by atoms with van der Waals surface area (Å²) >= 11 is 12.2. The first-order valence-electron chi connectivity index (χ1n) is 8.31. The van der Waals surface area contributed by atoms with E-state index in [9.17, 15) is 8.42 Å². The van der Waals surface area contributed by atoms with Crippen LogP contribution in [0.5, 0.6) is 0 Å². The predicted octanol–water partition coefficient (Wildman–Crippen LogP) is 2.91. The van der Waals surface area contributed by atoms with E-state index in [1.54, 1.807) is 24.7 Å². The fourth-order valence-corrected chi connectivity index (χ4v) is 3.80. The minimum Gasteiger partial charge on any atom is -0.345 e. The third kappa shape index (κ3) is 5.91. The molecule has 2 aromatic rings. The number of ether oxygens (including phenoxy) is 2. The topological polar surface area (TPSA) is 79.7 Å². The van der Waals surface area contributed by atoms with Crippen LogP contribution in [-0.2, 0) is 36.7 Å². The second-order valence-corrected chi connectivity index (χ2v) is 8.91. The van der Waals surface area contributed by atoms with Crippen molar-refractivity contribution in [1.29, 1.82) is 0 Å². The lowest BCUT2D eigenvalue weighted by Gasteiger charge is -2.28. The van der Waals surface area contributed by atoms with Gasteiger partial charge in [-0.05, 0) is 24.1 Å². The molecule has 0 bridgehead atoms. The van der Waals surface area contributed by atoms with Gasteiger partial charge in [0.2, 0.25) is 0 Å². The number of benzene rings is 1. The molecule has 1 saturated heterocycles. The maximum Gasteiger partial charge on any atom is 0.264 e. The molecule has 0 aliphatic carbocycles. The smallest absolute Gasteiger partial charge is 0.264 e. The van der Waals surface area contributed by atoms with Crippen molar-refractivity contribution in [3.63, 3.8) is 0 Å². The Morgan fingerprint density at radius 1 is 1.41 bits per heavy atom. The summed E-state index contributed by atoms with van der Waals surface area (Å²) in [6.45, 7) is 0.554. The van der Waals surface area contributed by atoms with Crippen molar-refractivity contribution in [3.8, 4) is 0 Å². The van der Waals surface area contributed by atoms with Crippen LogP contribution in [0, 0.1) is 0 Å². The highest BCUT2D eigenvalue weighted by atomic mass is 35.5. The standard InChI is InChI=1S/C17H20Cl2N2O5S/c1-27(22,23)25-10-15-9-24-17(26-15,11-21-7-6-20-12-21)5-4-13-2-3-14(18)8-16(13)19/h2-3,6-8,12,15H,4-5,9-11H2,1H3. The molecule has 0 amide bonds. The summed E-state index contributed by atoms with van der Waals surface area (Å²) in [4.78, 5) is 4.04. The number of aromatic nitrogens is 2. The summed E-state index contributed by atoms with van der Waals surface area (Å²) in [6, 6.07) is 5.35. The average Bonchev–Trinajstić information content (AvgIpc) is 3.22. The summed E-state index contributed by atoms with van der Waals surface area (Å²) in [5, 5.41) is 1.15. The Labute approximate surface area is 168 Å². The lowest BCUT2D eigenvalue weighted by molar-refractivity contribution is -0.184. The van der Waals surface area contributed by atoms with Crippen molar-refractivity contribution in [3.05, 3.63) is 52.5 Å². The SMILES string of the molecule is CS(=O)(=O)OCC1COC(CCc2ccc(Cl)cc2Cl)(Cn2ccnc2)O1. The minimum atomic E-state index is -3.54. The van der Waals surface area contributed by atoms with E-state index in [0.717, 1.165) is 11.8 Å². The Bertz CT molecular complexity index is 875. The number of imidazole rings is 1. The van der Waals surface area contributed by atoms with Crippen LogP contribution < -0.4 is 0 Å². The molecule has 1 aliphatic heterocycles. The van der Waals surface area contributed by atoms with Gasteiger partial charge >= 0.3 is 0 Å². The maximum absolute atomic E-state index is 11.2. The van der Waals surface area contributed by atoms with Crippen LogP contribution in [0.1, 0.15) is 12.0 Å². The lowest BCUT2D eigenvalue weighted by atomic mass is 10.0. The van der Waals surface area contributed by atoms with Crippen molar-refractivity contribution < 1.29 is 22.1 Å². The van der Waals surface area contributed by atoms with Crippen LogP contribution in [-0.4, -0.2) is 49.3 Å². The van der Waals surface area contributed by atoms with Gasteiger partial charge in [0.25, 0.3) is 10.1 Å². The molecule has 27 heavy (non-hydrogen) atoms. The van der Waals surface area contributed by atoms with E-state index in [4.69, 9.17) is 36.9 Å². The molecular weight excluding hydrogens is 415 g/mol. The van der Waals surface area contributed by atoms with Gasteiger partial charge in [-0.15, -0.1) is 0 Å². The second kappa shape index (κ2) is 8.46. The van der Waals surface area contributed by atoms with Crippen LogP contribution in [0.3, 0.4) is 0 Å². The van der Waals surface area contributed by atoms with Crippen LogP contribution in [0.25, 0.3) is 0 Å². The Balaban J connectivity index is 1.71. The molecule has 2 unspecified atom stereocenters. The lowest BCUT2D eigenvalue weighted by Crippen LogP contribution is -2.37. The molecule has 1 aromatic carbocycles. The first-order valence-corrected chi connectivity index (χ1v) is 10.9. The summed E-state index contributed by atoms with van der Waals surface area (Å²) in [6.07, 6.45) is 6.79. The molecule has 148 valence electrons. The molecule has 2 atom stereocenters. The van der Waals surface area contributed by atoms with Gasteiger partial charge in [-0.2, -0.15) is 8.42 Å². The number of halogens is 2. The van der Waals surface area contributed by atoms with Gasteiger partial charge in [0.15, 0.2) is 5.79 Å². The van der Waals surface area contributed by atoms with E-state index in [1.807, 2.05) is 16.8 Å². The number of nitrogens with zero attached hydrogens (tertiary/aromatic N) is 2. The molecule has 0 radical (unpaired) electrons. The first-order chi connectivity index (χ1) is 12.7. The number of hydrogen-bond acceptors (Lipinski definition) is 6. The molecule has 10 heteroatoms. The molecule has 0 saturated carbocycles. The van der Waals surface area contributed by atoms with Gasteiger partial charge in [-0.25, -0.2) is 4.98 Å². The van der Waals surface area contributed by atoms with E-state index in [-0.39, 0.29) is 13.2 Å². The molecule has 1 aromatic heterocycles. The third-order valence-corrected chi connectivity index (χ3v) is 5.31. The van der Waals surface area contributed by atoms with Crippen molar-refractivity contribution in [2.24, 2.45) is 0 Å². The zero-order valence-corrected chi connectivity index (χ0v) is 17.0. The molecule has 0 spiro atoms. The van der Waals surface area contributed by atoms with Gasteiger partial charge in [0.05, 0.1) is 32.3 Å². The van der Waals surface area contributed by atoms with E-state index in [0.29, 0.717) is 29.4 Å². The van der Waals surface area contributed by atoms with Crippen LogP contribution in [0.2, 0.25) is 10.0 Å². The van der Waals surface area contributed by atoms with Gasteiger partial charge in [0, 0.05) is 28.9 Å². The summed E-state index contributed by atoms with van der Waals surface area (Å²) in [5.74, 6) is -0.935. The zero-order valence-electron chi connectivity index (χ0n) is 14.7. The Morgan fingerprint density at radius 2 is 2.22 bits per heavy atom. The maximum atomic E-state index is 11.2.